The topological polar surface area (TPSA) is 30.2 Å². The number of aryl methyl sites for hydroxylation is 1. The first-order chi connectivity index (χ1) is 10.7. The average molecular weight is 381 g/mol. The Morgan fingerprint density at radius 3 is 2.35 bits per heavy atom. The van der Waals surface area contributed by atoms with Crippen molar-refractivity contribution in [2.24, 2.45) is 0 Å². The lowest BCUT2D eigenvalue weighted by Gasteiger charge is -2.11. The van der Waals surface area contributed by atoms with Crippen LogP contribution in [0.3, 0.4) is 0 Å². The summed E-state index contributed by atoms with van der Waals surface area (Å²) in [5.74, 6) is 0. The maximum absolute atomic E-state index is 13.3. The van der Waals surface area contributed by atoms with Crippen molar-refractivity contribution in [1.29, 1.82) is 0 Å². The molecule has 1 aromatic carbocycles. The number of fused-ring (bicyclic) bond motifs is 1. The summed E-state index contributed by atoms with van der Waals surface area (Å²) in [4.78, 5) is 4.18. The van der Waals surface area contributed by atoms with Crippen LogP contribution >= 0.6 is 34.8 Å². The molecule has 0 N–H and O–H groups in total. The second-order valence-corrected chi connectivity index (χ2v) is 5.98. The van der Waals surface area contributed by atoms with Gasteiger partial charge in [0.05, 0.1) is 21.4 Å². The summed E-state index contributed by atoms with van der Waals surface area (Å²) in [5, 5.41) is 4.38. The van der Waals surface area contributed by atoms with Gasteiger partial charge in [-0.05, 0) is 25.1 Å². The molecule has 0 aliphatic carbocycles. The van der Waals surface area contributed by atoms with Crippen LogP contribution in [0.1, 0.15) is 11.4 Å². The third kappa shape index (κ3) is 2.86. The first-order valence-electron chi connectivity index (χ1n) is 6.27. The van der Waals surface area contributed by atoms with Gasteiger partial charge < -0.3 is 0 Å². The van der Waals surface area contributed by atoms with E-state index in [1.165, 1.54) is 25.1 Å². The standard InChI is InChI=1S/C14H7Cl3F3N3/c1-6-12(17)13-21-10(7-2-3-8(15)9(16)4-7)5-11(14(18,19)20)23(13)22-6/h2-5H,1H3. The molecule has 0 radical (unpaired) electrons. The minimum atomic E-state index is -4.62. The van der Waals surface area contributed by atoms with Crippen molar-refractivity contribution in [2.75, 3.05) is 0 Å². The highest BCUT2D eigenvalue weighted by Crippen LogP contribution is 2.35. The summed E-state index contributed by atoms with van der Waals surface area (Å²) in [6.07, 6.45) is -4.62. The molecule has 0 saturated carbocycles. The van der Waals surface area contributed by atoms with Crippen LogP contribution in [-0.4, -0.2) is 14.6 Å². The number of nitrogens with zero attached hydrogens (tertiary/aromatic N) is 3. The number of hydrogen-bond donors (Lipinski definition) is 0. The largest absolute Gasteiger partial charge is 0.433 e. The van der Waals surface area contributed by atoms with Gasteiger partial charge >= 0.3 is 6.18 Å². The quantitative estimate of drug-likeness (QED) is 0.543. The fourth-order valence-corrected chi connectivity index (χ4v) is 2.56. The third-order valence-corrected chi connectivity index (χ3v) is 4.38. The lowest BCUT2D eigenvalue weighted by Crippen LogP contribution is -2.13. The molecule has 0 amide bonds. The van der Waals surface area contributed by atoms with Gasteiger partial charge in [0, 0.05) is 5.56 Å². The van der Waals surface area contributed by atoms with E-state index in [0.717, 1.165) is 6.07 Å². The van der Waals surface area contributed by atoms with Gasteiger partial charge in [0.2, 0.25) is 0 Å². The van der Waals surface area contributed by atoms with E-state index in [0.29, 0.717) is 15.1 Å². The van der Waals surface area contributed by atoms with Gasteiger partial charge in [0.25, 0.3) is 0 Å². The summed E-state index contributed by atoms with van der Waals surface area (Å²) in [5.41, 5.74) is -0.317. The Labute approximate surface area is 143 Å². The molecular formula is C14H7Cl3F3N3. The van der Waals surface area contributed by atoms with Gasteiger partial charge in [0.15, 0.2) is 11.3 Å². The van der Waals surface area contributed by atoms with Gasteiger partial charge in [0.1, 0.15) is 5.02 Å². The molecule has 3 nitrogen and oxygen atoms in total. The zero-order chi connectivity index (χ0) is 16.9. The third-order valence-electron chi connectivity index (χ3n) is 3.20. The van der Waals surface area contributed by atoms with E-state index in [9.17, 15) is 13.2 Å². The summed E-state index contributed by atoms with van der Waals surface area (Å²) >= 11 is 17.8. The fourth-order valence-electron chi connectivity index (χ4n) is 2.10. The summed E-state index contributed by atoms with van der Waals surface area (Å²) in [6.45, 7) is 1.51. The van der Waals surface area contributed by atoms with Crippen LogP contribution in [0, 0.1) is 6.92 Å². The maximum Gasteiger partial charge on any atom is 0.433 e. The SMILES string of the molecule is Cc1nn2c(C(F)(F)F)cc(-c3ccc(Cl)c(Cl)c3)nc2c1Cl. The fraction of sp³-hybridized carbons (Fsp3) is 0.143. The van der Waals surface area contributed by atoms with Crippen LogP contribution in [0.2, 0.25) is 15.1 Å². The predicted molar refractivity (Wildman–Crippen MR) is 83.2 cm³/mol. The van der Waals surface area contributed by atoms with Crippen LogP contribution < -0.4 is 0 Å². The number of halogens is 6. The zero-order valence-corrected chi connectivity index (χ0v) is 13.7. The Balaban J connectivity index is 2.34. The molecule has 0 aliphatic heterocycles. The van der Waals surface area contributed by atoms with Crippen molar-refractivity contribution in [2.45, 2.75) is 13.1 Å². The van der Waals surface area contributed by atoms with Crippen LogP contribution in [0.15, 0.2) is 24.3 Å². The number of hydrogen-bond acceptors (Lipinski definition) is 2. The van der Waals surface area contributed by atoms with Crippen molar-refractivity contribution in [1.82, 2.24) is 14.6 Å². The minimum absolute atomic E-state index is 0.0670. The van der Waals surface area contributed by atoms with Crippen molar-refractivity contribution >= 4 is 40.4 Å². The van der Waals surface area contributed by atoms with Gasteiger partial charge in [-0.15, -0.1) is 0 Å². The van der Waals surface area contributed by atoms with Crippen molar-refractivity contribution in [3.05, 3.63) is 50.7 Å². The first-order valence-corrected chi connectivity index (χ1v) is 7.40. The molecule has 0 fully saturated rings. The molecular weight excluding hydrogens is 374 g/mol. The molecule has 23 heavy (non-hydrogen) atoms. The van der Waals surface area contributed by atoms with Gasteiger partial charge in [-0.25, -0.2) is 9.50 Å². The molecule has 9 heteroatoms. The second kappa shape index (κ2) is 5.54. The first kappa shape index (κ1) is 16.4. The Morgan fingerprint density at radius 1 is 1.04 bits per heavy atom. The van der Waals surface area contributed by atoms with Crippen molar-refractivity contribution in [3.63, 3.8) is 0 Å². The molecule has 2 heterocycles. The van der Waals surface area contributed by atoms with Crippen LogP contribution in [0.25, 0.3) is 16.9 Å². The summed E-state index contributed by atoms with van der Waals surface area (Å²) in [7, 11) is 0. The molecule has 3 rings (SSSR count). The molecule has 3 aromatic rings. The van der Waals surface area contributed by atoms with Crippen LogP contribution in [-0.2, 0) is 6.18 Å². The van der Waals surface area contributed by atoms with E-state index in [1.807, 2.05) is 0 Å². The Kier molecular flexibility index (Phi) is 3.94. The molecule has 0 spiro atoms. The lowest BCUT2D eigenvalue weighted by atomic mass is 10.1. The van der Waals surface area contributed by atoms with Crippen molar-refractivity contribution in [3.8, 4) is 11.3 Å². The maximum atomic E-state index is 13.3. The molecule has 0 aliphatic rings. The number of rotatable bonds is 1. The van der Waals surface area contributed by atoms with E-state index in [4.69, 9.17) is 34.8 Å². The van der Waals surface area contributed by atoms with E-state index in [2.05, 4.69) is 10.1 Å². The van der Waals surface area contributed by atoms with E-state index >= 15 is 0 Å². The molecule has 0 atom stereocenters. The number of benzene rings is 1. The number of aromatic nitrogens is 3. The molecule has 0 unspecified atom stereocenters. The van der Waals surface area contributed by atoms with Crippen molar-refractivity contribution < 1.29 is 13.2 Å². The molecule has 0 saturated heterocycles. The van der Waals surface area contributed by atoms with Gasteiger partial charge in [-0.2, -0.15) is 18.3 Å². The highest BCUT2D eigenvalue weighted by Gasteiger charge is 2.36. The lowest BCUT2D eigenvalue weighted by molar-refractivity contribution is -0.142. The average Bonchev–Trinajstić information content (AvgIpc) is 2.75. The van der Waals surface area contributed by atoms with E-state index in [1.54, 1.807) is 0 Å². The summed E-state index contributed by atoms with van der Waals surface area (Å²) < 4.78 is 40.7. The van der Waals surface area contributed by atoms with Gasteiger partial charge in [-0.3, -0.25) is 0 Å². The normalized spacial score (nSPS) is 12.1. The monoisotopic (exact) mass is 379 g/mol. The summed E-state index contributed by atoms with van der Waals surface area (Å²) in [6, 6.07) is 5.36. The Morgan fingerprint density at radius 2 is 1.74 bits per heavy atom. The Hall–Kier alpha value is -1.50. The predicted octanol–water partition coefficient (Wildman–Crippen LogP) is 5.68. The highest BCUT2D eigenvalue weighted by atomic mass is 35.5. The highest BCUT2D eigenvalue weighted by molar-refractivity contribution is 6.42. The second-order valence-electron chi connectivity index (χ2n) is 4.79. The van der Waals surface area contributed by atoms with Crippen LogP contribution in [0.4, 0.5) is 13.2 Å². The smallest absolute Gasteiger partial charge is 0.227 e. The van der Waals surface area contributed by atoms with E-state index in [-0.39, 0.29) is 27.1 Å². The Bertz CT molecular complexity index is 919. The zero-order valence-electron chi connectivity index (χ0n) is 11.4. The molecule has 0 bridgehead atoms. The molecule has 2 aromatic heterocycles. The van der Waals surface area contributed by atoms with Crippen LogP contribution in [0.5, 0.6) is 0 Å². The van der Waals surface area contributed by atoms with Gasteiger partial charge in [-0.1, -0.05) is 40.9 Å². The number of alkyl halides is 3. The minimum Gasteiger partial charge on any atom is -0.227 e. The van der Waals surface area contributed by atoms with E-state index < -0.39 is 11.9 Å². The molecule has 120 valence electrons.